The van der Waals surface area contributed by atoms with Crippen molar-refractivity contribution in [3.63, 3.8) is 0 Å². The highest BCUT2D eigenvalue weighted by Gasteiger charge is 2.32. The maximum absolute atomic E-state index is 12.7. The first-order valence-corrected chi connectivity index (χ1v) is 9.06. The van der Waals surface area contributed by atoms with E-state index in [1.54, 1.807) is 11.3 Å². The van der Waals surface area contributed by atoms with Crippen LogP contribution in [0, 0.1) is 6.92 Å². The average molecular weight is 368 g/mol. The van der Waals surface area contributed by atoms with Crippen LogP contribution in [-0.4, -0.2) is 23.1 Å². The molecule has 0 spiro atoms. The summed E-state index contributed by atoms with van der Waals surface area (Å²) in [5.41, 5.74) is 0.744. The molecule has 1 amide bonds. The number of hydrogen-bond acceptors (Lipinski definition) is 3. The van der Waals surface area contributed by atoms with Crippen molar-refractivity contribution in [2.45, 2.75) is 12.3 Å². The summed E-state index contributed by atoms with van der Waals surface area (Å²) in [5, 5.41) is 0.160. The molecular weight excluding hydrogens is 354 g/mol. The Bertz CT molecular complexity index is 640. The van der Waals surface area contributed by atoms with Gasteiger partial charge >= 0.3 is 0 Å². The number of aryl methyl sites for hydroxylation is 1. The van der Waals surface area contributed by atoms with Gasteiger partial charge in [0, 0.05) is 26.5 Å². The normalized spacial score (nSPS) is 18.5. The smallest absolute Gasteiger partial charge is 0.256 e. The number of carbonyl (C=O) groups excluding carboxylic acids is 1. The fraction of sp³-hybridized carbons (Fsp3) is 0.267. The average Bonchev–Trinajstić information content (AvgIpc) is 3.06. The van der Waals surface area contributed by atoms with E-state index < -0.39 is 0 Å². The molecule has 1 aromatic heterocycles. The Morgan fingerprint density at radius 2 is 2.10 bits per heavy atom. The molecule has 1 fully saturated rings. The number of amides is 1. The zero-order chi connectivity index (χ0) is 14.1. The zero-order valence-electron chi connectivity index (χ0n) is 11.0. The summed E-state index contributed by atoms with van der Waals surface area (Å²) in [6.07, 6.45) is 0. The fourth-order valence-electron chi connectivity index (χ4n) is 2.29. The number of thioether (sulfide) groups is 1. The van der Waals surface area contributed by atoms with E-state index in [-0.39, 0.29) is 11.3 Å². The fourth-order valence-corrected chi connectivity index (χ4v) is 5.11. The first-order chi connectivity index (χ1) is 9.66. The van der Waals surface area contributed by atoms with Crippen LogP contribution in [0.2, 0.25) is 0 Å². The maximum atomic E-state index is 12.7. The quantitative estimate of drug-likeness (QED) is 0.765. The molecule has 0 N–H and O–H groups in total. The van der Waals surface area contributed by atoms with Crippen LogP contribution in [0.4, 0.5) is 0 Å². The molecule has 0 radical (unpaired) electrons. The zero-order valence-corrected chi connectivity index (χ0v) is 14.2. The van der Waals surface area contributed by atoms with E-state index in [9.17, 15) is 4.79 Å². The standard InChI is InChI=1S/C15H14BrNOS2/c1-10-6-7-13(20-10)15-17(8-9-19-15)14(18)11-4-2-3-5-12(11)16/h2-7,15H,8-9H2,1H3. The van der Waals surface area contributed by atoms with Crippen LogP contribution in [0.15, 0.2) is 40.9 Å². The van der Waals surface area contributed by atoms with Crippen molar-refractivity contribution in [2.75, 3.05) is 12.3 Å². The van der Waals surface area contributed by atoms with Crippen molar-refractivity contribution < 1.29 is 4.79 Å². The van der Waals surface area contributed by atoms with Crippen molar-refractivity contribution in [1.29, 1.82) is 0 Å². The third-order valence-electron chi connectivity index (χ3n) is 3.26. The third-order valence-corrected chi connectivity index (χ3v) is 6.40. The van der Waals surface area contributed by atoms with E-state index in [0.717, 1.165) is 22.3 Å². The minimum absolute atomic E-state index is 0.110. The highest BCUT2D eigenvalue weighted by atomic mass is 79.9. The first kappa shape index (κ1) is 14.2. The van der Waals surface area contributed by atoms with Gasteiger partial charge in [-0.2, -0.15) is 0 Å². The summed E-state index contributed by atoms with van der Waals surface area (Å²) >= 11 is 7.10. The molecular formula is C15H14BrNOS2. The number of benzene rings is 1. The predicted octanol–water partition coefficient (Wildman–Crippen LogP) is 4.71. The van der Waals surface area contributed by atoms with Gasteiger partial charge in [0.15, 0.2) is 0 Å². The van der Waals surface area contributed by atoms with Crippen molar-refractivity contribution in [1.82, 2.24) is 4.90 Å². The minimum Gasteiger partial charge on any atom is -0.321 e. The van der Waals surface area contributed by atoms with E-state index in [2.05, 4.69) is 35.0 Å². The van der Waals surface area contributed by atoms with Crippen LogP contribution in [0.3, 0.4) is 0 Å². The van der Waals surface area contributed by atoms with Gasteiger partial charge in [-0.3, -0.25) is 4.79 Å². The summed E-state index contributed by atoms with van der Waals surface area (Å²) in [4.78, 5) is 17.3. The molecule has 1 aliphatic rings. The SMILES string of the molecule is Cc1ccc(C2SCCN2C(=O)c2ccccc2Br)s1. The van der Waals surface area contributed by atoms with Gasteiger partial charge < -0.3 is 4.90 Å². The number of carbonyl (C=O) groups is 1. The van der Waals surface area contributed by atoms with Crippen molar-refractivity contribution in [3.05, 3.63) is 56.2 Å². The highest BCUT2D eigenvalue weighted by molar-refractivity contribution is 9.10. The van der Waals surface area contributed by atoms with Gasteiger partial charge in [-0.05, 0) is 47.1 Å². The van der Waals surface area contributed by atoms with Gasteiger partial charge in [0.05, 0.1) is 5.56 Å². The van der Waals surface area contributed by atoms with Crippen LogP contribution in [0.25, 0.3) is 0 Å². The summed E-state index contributed by atoms with van der Waals surface area (Å²) < 4.78 is 0.864. The topological polar surface area (TPSA) is 20.3 Å². The van der Waals surface area contributed by atoms with E-state index >= 15 is 0 Å². The van der Waals surface area contributed by atoms with E-state index in [1.165, 1.54) is 9.75 Å². The molecule has 2 nitrogen and oxygen atoms in total. The Balaban J connectivity index is 1.89. The second kappa shape index (κ2) is 5.92. The van der Waals surface area contributed by atoms with E-state index in [0.29, 0.717) is 0 Å². The van der Waals surface area contributed by atoms with E-state index in [4.69, 9.17) is 0 Å². The number of thiophene rings is 1. The summed E-state index contributed by atoms with van der Waals surface area (Å²) in [5.74, 6) is 1.11. The van der Waals surface area contributed by atoms with Gasteiger partial charge in [-0.1, -0.05) is 12.1 Å². The van der Waals surface area contributed by atoms with Crippen LogP contribution in [-0.2, 0) is 0 Å². The molecule has 2 aromatic rings. The molecule has 3 rings (SSSR count). The molecule has 2 heterocycles. The first-order valence-electron chi connectivity index (χ1n) is 6.40. The molecule has 1 unspecified atom stereocenters. The van der Waals surface area contributed by atoms with Crippen molar-refractivity contribution >= 4 is 44.9 Å². The lowest BCUT2D eigenvalue weighted by Crippen LogP contribution is -2.30. The monoisotopic (exact) mass is 367 g/mol. The minimum atomic E-state index is 0.110. The maximum Gasteiger partial charge on any atom is 0.256 e. The molecule has 1 atom stereocenters. The Morgan fingerprint density at radius 1 is 1.30 bits per heavy atom. The van der Waals surface area contributed by atoms with Gasteiger partial charge in [0.2, 0.25) is 0 Å². The van der Waals surface area contributed by atoms with Gasteiger partial charge in [0.25, 0.3) is 5.91 Å². The molecule has 5 heteroatoms. The Labute approximate surface area is 135 Å². The van der Waals surface area contributed by atoms with Crippen LogP contribution >= 0.6 is 39.0 Å². The number of rotatable bonds is 2. The Morgan fingerprint density at radius 3 is 2.80 bits per heavy atom. The van der Waals surface area contributed by atoms with Crippen molar-refractivity contribution in [2.24, 2.45) is 0 Å². The second-order valence-electron chi connectivity index (χ2n) is 4.65. The number of nitrogens with zero attached hydrogens (tertiary/aromatic N) is 1. The molecule has 1 saturated heterocycles. The lowest BCUT2D eigenvalue weighted by Gasteiger charge is -2.23. The summed E-state index contributed by atoms with van der Waals surface area (Å²) in [7, 11) is 0. The molecule has 1 aromatic carbocycles. The molecule has 0 saturated carbocycles. The molecule has 0 aliphatic carbocycles. The largest absolute Gasteiger partial charge is 0.321 e. The number of halogens is 1. The van der Waals surface area contributed by atoms with Crippen molar-refractivity contribution in [3.8, 4) is 0 Å². The molecule has 0 bridgehead atoms. The Kier molecular flexibility index (Phi) is 4.19. The lowest BCUT2D eigenvalue weighted by atomic mass is 10.2. The lowest BCUT2D eigenvalue weighted by molar-refractivity contribution is 0.0761. The molecule has 104 valence electrons. The summed E-state index contributed by atoms with van der Waals surface area (Å²) in [6.45, 7) is 2.92. The van der Waals surface area contributed by atoms with Crippen LogP contribution < -0.4 is 0 Å². The van der Waals surface area contributed by atoms with E-state index in [1.807, 2.05) is 40.9 Å². The van der Waals surface area contributed by atoms with Gasteiger partial charge in [-0.15, -0.1) is 23.1 Å². The van der Waals surface area contributed by atoms with Crippen LogP contribution in [0.5, 0.6) is 0 Å². The molecule has 20 heavy (non-hydrogen) atoms. The van der Waals surface area contributed by atoms with Gasteiger partial charge in [-0.25, -0.2) is 0 Å². The van der Waals surface area contributed by atoms with Crippen LogP contribution in [0.1, 0.15) is 25.5 Å². The Hall–Kier alpha value is -0.780. The predicted molar refractivity (Wildman–Crippen MR) is 89.4 cm³/mol. The highest BCUT2D eigenvalue weighted by Crippen LogP contribution is 2.41. The second-order valence-corrected chi connectivity index (χ2v) is 8.01. The third kappa shape index (κ3) is 2.67. The van der Waals surface area contributed by atoms with Gasteiger partial charge in [0.1, 0.15) is 5.37 Å². The summed E-state index contributed by atoms with van der Waals surface area (Å²) in [6, 6.07) is 11.9. The molecule has 1 aliphatic heterocycles. The number of hydrogen-bond donors (Lipinski definition) is 0.